The largest absolute Gasteiger partial charge is 0.481 e. The van der Waals surface area contributed by atoms with Crippen molar-refractivity contribution in [3.8, 4) is 0 Å². The molecule has 2 heterocycles. The summed E-state index contributed by atoms with van der Waals surface area (Å²) in [4.78, 5) is 107. The number of anilines is 1. The number of rotatable bonds is 18. The van der Waals surface area contributed by atoms with Crippen molar-refractivity contribution in [2.75, 3.05) is 5.32 Å². The molecule has 0 aliphatic rings. The number of fused-ring (bicyclic) bond motifs is 1. The van der Waals surface area contributed by atoms with Gasteiger partial charge in [0.15, 0.2) is 0 Å². The zero-order valence-corrected chi connectivity index (χ0v) is 28.4. The van der Waals surface area contributed by atoms with Crippen LogP contribution in [0.15, 0.2) is 46.0 Å². The second kappa shape index (κ2) is 18.1. The van der Waals surface area contributed by atoms with Crippen molar-refractivity contribution in [2.24, 2.45) is 5.92 Å². The third-order valence-corrected chi connectivity index (χ3v) is 7.52. The van der Waals surface area contributed by atoms with Crippen LogP contribution in [0.25, 0.3) is 11.0 Å². The number of carbonyl (C=O) groups excluding carboxylic acids is 5. The Labute approximate surface area is 291 Å². The topological polar surface area (TPSA) is 279 Å². The third-order valence-electron chi connectivity index (χ3n) is 7.52. The molecular formula is C33H41N7O11. The molecule has 4 atom stereocenters. The second-order valence-corrected chi connectivity index (χ2v) is 12.3. The third kappa shape index (κ3) is 12.4. The van der Waals surface area contributed by atoms with E-state index >= 15 is 0 Å². The molecule has 0 saturated heterocycles. The minimum absolute atomic E-state index is 0.0385. The quantitative estimate of drug-likeness (QED) is 0.0830. The molecule has 0 spiro atoms. The van der Waals surface area contributed by atoms with Crippen molar-refractivity contribution >= 4 is 58.1 Å². The first-order valence-electron chi connectivity index (χ1n) is 16.0. The number of H-pyrrole nitrogens is 1. The number of nitrogens with one attached hydrogen (secondary N) is 6. The first-order chi connectivity index (χ1) is 24.0. The monoisotopic (exact) mass is 711 g/mol. The van der Waals surface area contributed by atoms with E-state index in [0.29, 0.717) is 16.6 Å². The molecule has 0 aliphatic carbocycles. The first-order valence-corrected chi connectivity index (χ1v) is 16.0. The Morgan fingerprint density at radius 2 is 1.49 bits per heavy atom. The molecule has 3 aromatic rings. The molecule has 0 fully saturated rings. The maximum absolute atomic E-state index is 13.7. The lowest BCUT2D eigenvalue weighted by Gasteiger charge is -2.26. The molecule has 0 aliphatic heterocycles. The van der Waals surface area contributed by atoms with E-state index in [9.17, 15) is 48.6 Å². The average Bonchev–Trinajstić information content (AvgIpc) is 3.54. The first kappa shape index (κ1) is 39.4. The Morgan fingerprint density at radius 1 is 0.843 bits per heavy atom. The van der Waals surface area contributed by atoms with Crippen molar-refractivity contribution in [3.05, 3.63) is 58.5 Å². The number of aryl methyl sites for hydroxylation is 1. The molecule has 1 aromatic carbocycles. The molecule has 274 valence electrons. The number of benzene rings is 1. The maximum atomic E-state index is 13.7. The number of nitrogens with zero attached hydrogens (tertiary/aromatic N) is 1. The summed E-state index contributed by atoms with van der Waals surface area (Å²) in [6.07, 6.45) is 0.877. The van der Waals surface area contributed by atoms with Crippen LogP contribution in [-0.4, -0.2) is 85.8 Å². The molecule has 3 rings (SSSR count). The predicted molar refractivity (Wildman–Crippen MR) is 180 cm³/mol. The number of carbonyl (C=O) groups is 7. The van der Waals surface area contributed by atoms with Gasteiger partial charge in [-0.25, -0.2) is 9.78 Å². The Kier molecular flexibility index (Phi) is 14.0. The summed E-state index contributed by atoms with van der Waals surface area (Å²) in [5.74, 6) is -6.87. The SMILES string of the molecule is CC(=O)NC(CC(C)C)C(=O)NC(CCC(=O)O)C(=O)NC(Cc1cnc[nH]1)C(=O)NC(CC(=O)O)C(=O)Nc1ccc2c(C)cc(=O)oc2c1. The molecule has 0 bridgehead atoms. The van der Waals surface area contributed by atoms with E-state index in [1.54, 1.807) is 13.0 Å². The van der Waals surface area contributed by atoms with Crippen LogP contribution in [-0.2, 0) is 40.0 Å². The summed E-state index contributed by atoms with van der Waals surface area (Å²) in [6, 6.07) is 0.107. The van der Waals surface area contributed by atoms with Gasteiger partial charge in [0.2, 0.25) is 29.5 Å². The number of aromatic nitrogens is 2. The van der Waals surface area contributed by atoms with Crippen LogP contribution in [0.2, 0.25) is 0 Å². The number of carboxylic acids is 2. The Hall–Kier alpha value is -6.07. The van der Waals surface area contributed by atoms with E-state index in [4.69, 9.17) is 4.42 Å². The Morgan fingerprint density at radius 3 is 2.10 bits per heavy atom. The summed E-state index contributed by atoms with van der Waals surface area (Å²) >= 11 is 0. The number of imidazole rings is 1. The van der Waals surface area contributed by atoms with Gasteiger partial charge in [-0.15, -0.1) is 0 Å². The van der Waals surface area contributed by atoms with Gasteiger partial charge in [0.05, 0.1) is 12.7 Å². The number of amides is 5. The summed E-state index contributed by atoms with van der Waals surface area (Å²) in [6.45, 7) is 6.55. The van der Waals surface area contributed by atoms with Crippen molar-refractivity contribution in [3.63, 3.8) is 0 Å². The maximum Gasteiger partial charge on any atom is 0.336 e. The van der Waals surface area contributed by atoms with Crippen LogP contribution in [0, 0.1) is 12.8 Å². The molecule has 8 N–H and O–H groups in total. The van der Waals surface area contributed by atoms with Crippen LogP contribution < -0.4 is 32.2 Å². The van der Waals surface area contributed by atoms with Crippen molar-refractivity contribution < 1.29 is 48.2 Å². The zero-order valence-electron chi connectivity index (χ0n) is 28.4. The highest BCUT2D eigenvalue weighted by Crippen LogP contribution is 2.21. The predicted octanol–water partition coefficient (Wildman–Crippen LogP) is 0.350. The summed E-state index contributed by atoms with van der Waals surface area (Å²) in [5.41, 5.74) is 0.679. The van der Waals surface area contributed by atoms with Crippen molar-refractivity contribution in [1.29, 1.82) is 0 Å². The summed E-state index contributed by atoms with van der Waals surface area (Å²) in [5, 5.41) is 31.7. The van der Waals surface area contributed by atoms with Gasteiger partial charge in [0, 0.05) is 54.9 Å². The van der Waals surface area contributed by atoms with Crippen LogP contribution in [0.5, 0.6) is 0 Å². The van der Waals surface area contributed by atoms with E-state index in [1.807, 2.05) is 13.8 Å². The van der Waals surface area contributed by atoms with Gasteiger partial charge in [-0.2, -0.15) is 0 Å². The number of carboxylic acid groups (broad SMARTS) is 2. The normalized spacial score (nSPS) is 13.4. The molecule has 18 nitrogen and oxygen atoms in total. The number of hydrogen-bond acceptors (Lipinski definition) is 10. The average molecular weight is 712 g/mol. The lowest BCUT2D eigenvalue weighted by molar-refractivity contribution is -0.140. The fourth-order valence-corrected chi connectivity index (χ4v) is 5.14. The van der Waals surface area contributed by atoms with E-state index in [2.05, 4.69) is 36.6 Å². The molecular weight excluding hydrogens is 670 g/mol. The van der Waals surface area contributed by atoms with E-state index in [-0.39, 0.29) is 36.5 Å². The standard InChI is InChI=1S/C33H41N7O11/c1-16(2)9-23(36-18(4)41)32(49)38-22(7-8-27(42)43)30(47)39-24(11-20-14-34-15-35-20)33(50)40-25(13-28(44)45)31(48)37-19-5-6-21-17(3)10-29(46)51-26(21)12-19/h5-6,10,12,14-16,22-25H,7-9,11,13H2,1-4H3,(H,34,35)(H,36,41)(H,37,48)(H,38,49)(H,39,47)(H,40,50)(H,42,43)(H,44,45). The highest BCUT2D eigenvalue weighted by atomic mass is 16.4. The second-order valence-electron chi connectivity index (χ2n) is 12.3. The summed E-state index contributed by atoms with van der Waals surface area (Å²) in [7, 11) is 0. The molecule has 4 unspecified atom stereocenters. The van der Waals surface area contributed by atoms with Crippen LogP contribution in [0.3, 0.4) is 0 Å². The number of hydrogen-bond donors (Lipinski definition) is 8. The van der Waals surface area contributed by atoms with Crippen LogP contribution >= 0.6 is 0 Å². The Bertz CT molecular complexity index is 1820. The number of aromatic amines is 1. The number of aliphatic carboxylic acids is 2. The Balaban J connectivity index is 1.85. The highest BCUT2D eigenvalue weighted by molar-refractivity contribution is 6.01. The van der Waals surface area contributed by atoms with E-state index < -0.39 is 84.1 Å². The zero-order chi connectivity index (χ0) is 37.8. The molecule has 0 saturated carbocycles. The van der Waals surface area contributed by atoms with Gasteiger partial charge in [-0.05, 0) is 43.4 Å². The molecule has 0 radical (unpaired) electrons. The smallest absolute Gasteiger partial charge is 0.336 e. The van der Waals surface area contributed by atoms with Gasteiger partial charge >= 0.3 is 17.6 Å². The van der Waals surface area contributed by atoms with Crippen molar-refractivity contribution in [2.45, 2.75) is 84.0 Å². The van der Waals surface area contributed by atoms with Gasteiger partial charge in [-0.1, -0.05) is 13.8 Å². The van der Waals surface area contributed by atoms with E-state index in [0.717, 1.165) is 0 Å². The van der Waals surface area contributed by atoms with Crippen LogP contribution in [0.4, 0.5) is 5.69 Å². The lowest BCUT2D eigenvalue weighted by atomic mass is 10.0. The fourth-order valence-electron chi connectivity index (χ4n) is 5.14. The molecule has 2 aromatic heterocycles. The van der Waals surface area contributed by atoms with Crippen molar-refractivity contribution in [1.82, 2.24) is 31.2 Å². The van der Waals surface area contributed by atoms with Gasteiger partial charge in [0.25, 0.3) is 0 Å². The van der Waals surface area contributed by atoms with Gasteiger partial charge in [-0.3, -0.25) is 33.6 Å². The molecule has 18 heteroatoms. The molecule has 51 heavy (non-hydrogen) atoms. The summed E-state index contributed by atoms with van der Waals surface area (Å²) < 4.78 is 5.20. The minimum Gasteiger partial charge on any atom is -0.481 e. The van der Waals surface area contributed by atoms with Gasteiger partial charge in [0.1, 0.15) is 29.8 Å². The lowest BCUT2D eigenvalue weighted by Crippen LogP contribution is -2.58. The fraction of sp³-hybridized carbons (Fsp3) is 0.424. The minimum atomic E-state index is -1.66. The van der Waals surface area contributed by atoms with Gasteiger partial charge < -0.3 is 46.2 Å². The molecule has 5 amide bonds. The van der Waals surface area contributed by atoms with E-state index in [1.165, 1.54) is 37.6 Å². The highest BCUT2D eigenvalue weighted by Gasteiger charge is 2.33. The van der Waals surface area contributed by atoms with Crippen LogP contribution in [0.1, 0.15) is 57.7 Å².